The van der Waals surface area contributed by atoms with Gasteiger partial charge in [-0.3, -0.25) is 0 Å². The van der Waals surface area contributed by atoms with E-state index in [1.165, 1.54) is 11.1 Å². The van der Waals surface area contributed by atoms with Gasteiger partial charge in [0.1, 0.15) is 0 Å². The van der Waals surface area contributed by atoms with Crippen LogP contribution in [-0.2, 0) is 10.2 Å². The molecule has 1 aliphatic carbocycles. The zero-order chi connectivity index (χ0) is 17.5. The van der Waals surface area contributed by atoms with Crippen LogP contribution in [0.3, 0.4) is 0 Å². The molecule has 2 aromatic carbocycles. The Bertz CT molecular complexity index is 813. The average molecular weight is 322 g/mol. The molecule has 124 valence electrons. The van der Waals surface area contributed by atoms with Crippen molar-refractivity contribution < 1.29 is 15.0 Å². The van der Waals surface area contributed by atoms with Crippen LogP contribution in [0.15, 0.2) is 48.5 Å². The van der Waals surface area contributed by atoms with Crippen molar-refractivity contribution in [2.75, 3.05) is 0 Å². The fraction of sp³-hybridized carbons (Fsp3) is 0.286. The predicted octanol–water partition coefficient (Wildman–Crippen LogP) is 4.23. The van der Waals surface area contributed by atoms with E-state index in [2.05, 4.69) is 51.1 Å². The molecule has 1 unspecified atom stereocenters. The Balaban J connectivity index is 2.12. The minimum Gasteiger partial charge on any atom is -0.479 e. The maximum Gasteiger partial charge on any atom is 0.337 e. The summed E-state index contributed by atoms with van der Waals surface area (Å²) in [4.78, 5) is 11.1. The van der Waals surface area contributed by atoms with Crippen molar-refractivity contribution in [3.8, 4) is 0 Å². The summed E-state index contributed by atoms with van der Waals surface area (Å²) in [5.74, 6) is -1.22. The van der Waals surface area contributed by atoms with E-state index in [9.17, 15) is 9.90 Å². The third kappa shape index (κ3) is 2.87. The third-order valence-corrected chi connectivity index (χ3v) is 4.79. The van der Waals surface area contributed by atoms with E-state index < -0.39 is 12.1 Å². The van der Waals surface area contributed by atoms with E-state index in [0.29, 0.717) is 5.56 Å². The van der Waals surface area contributed by atoms with Crippen molar-refractivity contribution in [2.45, 2.75) is 38.7 Å². The summed E-state index contributed by atoms with van der Waals surface area (Å²) in [6, 6.07) is 13.9. The van der Waals surface area contributed by atoms with Gasteiger partial charge in [0.15, 0.2) is 6.10 Å². The zero-order valence-electron chi connectivity index (χ0n) is 14.2. The average Bonchev–Trinajstić information content (AvgIpc) is 2.55. The summed E-state index contributed by atoms with van der Waals surface area (Å²) < 4.78 is 0. The highest BCUT2D eigenvalue weighted by Crippen LogP contribution is 2.42. The predicted molar refractivity (Wildman–Crippen MR) is 94.9 cm³/mol. The second-order valence-corrected chi connectivity index (χ2v) is 7.12. The van der Waals surface area contributed by atoms with Gasteiger partial charge in [0.05, 0.1) is 0 Å². The van der Waals surface area contributed by atoms with Crippen molar-refractivity contribution in [3.05, 3.63) is 76.4 Å². The van der Waals surface area contributed by atoms with E-state index in [-0.39, 0.29) is 5.41 Å². The molecule has 2 aromatic rings. The Morgan fingerprint density at radius 2 is 1.79 bits per heavy atom. The van der Waals surface area contributed by atoms with Crippen molar-refractivity contribution in [1.82, 2.24) is 0 Å². The first kappa shape index (κ1) is 16.5. The van der Waals surface area contributed by atoms with Gasteiger partial charge in [0.2, 0.25) is 0 Å². The van der Waals surface area contributed by atoms with Gasteiger partial charge in [-0.1, -0.05) is 68.0 Å². The van der Waals surface area contributed by atoms with Crippen LogP contribution in [0.4, 0.5) is 0 Å². The molecule has 0 aliphatic heterocycles. The number of fused-ring (bicyclic) bond motifs is 1. The molecular weight excluding hydrogens is 300 g/mol. The van der Waals surface area contributed by atoms with E-state index in [0.717, 1.165) is 23.1 Å². The molecule has 24 heavy (non-hydrogen) atoms. The molecule has 0 radical (unpaired) electrons. The van der Waals surface area contributed by atoms with Gasteiger partial charge >= 0.3 is 5.97 Å². The summed E-state index contributed by atoms with van der Waals surface area (Å²) >= 11 is 0. The van der Waals surface area contributed by atoms with Gasteiger partial charge in [0, 0.05) is 0 Å². The van der Waals surface area contributed by atoms with Crippen molar-refractivity contribution in [1.29, 1.82) is 0 Å². The number of carboxylic acids is 1. The molecule has 0 heterocycles. The van der Waals surface area contributed by atoms with Crippen LogP contribution < -0.4 is 0 Å². The van der Waals surface area contributed by atoms with Crippen LogP contribution in [0, 0.1) is 6.92 Å². The number of aryl methyl sites for hydroxylation is 1. The highest BCUT2D eigenvalue weighted by molar-refractivity contribution is 5.84. The van der Waals surface area contributed by atoms with E-state index >= 15 is 0 Å². The van der Waals surface area contributed by atoms with E-state index in [1.54, 1.807) is 6.07 Å². The van der Waals surface area contributed by atoms with Crippen molar-refractivity contribution in [2.24, 2.45) is 0 Å². The topological polar surface area (TPSA) is 57.5 Å². The van der Waals surface area contributed by atoms with Crippen LogP contribution >= 0.6 is 0 Å². The molecule has 0 aromatic heterocycles. The van der Waals surface area contributed by atoms with E-state index in [4.69, 9.17) is 5.11 Å². The molecular formula is C21H22O3. The first-order valence-corrected chi connectivity index (χ1v) is 8.12. The van der Waals surface area contributed by atoms with Crippen molar-refractivity contribution in [3.63, 3.8) is 0 Å². The lowest BCUT2D eigenvalue weighted by molar-refractivity contribution is -0.146. The molecule has 0 spiro atoms. The monoisotopic (exact) mass is 322 g/mol. The Labute approximate surface area is 142 Å². The van der Waals surface area contributed by atoms with Gasteiger partial charge in [-0.15, -0.1) is 0 Å². The number of carboxylic acid groups (broad SMARTS) is 1. The van der Waals surface area contributed by atoms with Gasteiger partial charge in [-0.2, -0.15) is 0 Å². The first-order valence-electron chi connectivity index (χ1n) is 8.12. The van der Waals surface area contributed by atoms with Crippen LogP contribution in [0.25, 0.3) is 5.57 Å². The molecule has 2 N–H and O–H groups in total. The largest absolute Gasteiger partial charge is 0.479 e. The van der Waals surface area contributed by atoms with Crippen LogP contribution in [0.2, 0.25) is 0 Å². The maximum absolute atomic E-state index is 11.1. The number of rotatable bonds is 3. The Morgan fingerprint density at radius 3 is 2.42 bits per heavy atom. The fourth-order valence-corrected chi connectivity index (χ4v) is 3.25. The number of allylic oxidation sites excluding steroid dienone is 1. The molecule has 0 amide bonds. The summed E-state index contributed by atoms with van der Waals surface area (Å²) in [6.45, 7) is 6.35. The summed E-state index contributed by atoms with van der Waals surface area (Å²) in [5.41, 5.74) is 6.06. The highest BCUT2D eigenvalue weighted by Gasteiger charge is 2.30. The summed E-state index contributed by atoms with van der Waals surface area (Å²) in [6.07, 6.45) is 1.63. The fourth-order valence-electron chi connectivity index (χ4n) is 3.25. The Kier molecular flexibility index (Phi) is 4.06. The van der Waals surface area contributed by atoms with Crippen molar-refractivity contribution >= 4 is 11.5 Å². The summed E-state index contributed by atoms with van der Waals surface area (Å²) in [7, 11) is 0. The zero-order valence-corrected chi connectivity index (χ0v) is 14.2. The lowest BCUT2D eigenvalue weighted by Crippen LogP contribution is -2.23. The molecule has 0 saturated carbocycles. The lowest BCUT2D eigenvalue weighted by atomic mass is 9.71. The smallest absolute Gasteiger partial charge is 0.337 e. The third-order valence-electron chi connectivity index (χ3n) is 4.79. The number of carbonyl (C=O) groups is 1. The van der Waals surface area contributed by atoms with Crippen LogP contribution in [0.5, 0.6) is 0 Å². The second-order valence-electron chi connectivity index (χ2n) is 7.12. The number of benzene rings is 2. The quantitative estimate of drug-likeness (QED) is 0.889. The SMILES string of the molecule is Cc1ccc(C2=CCC(C)(C)c3cc(C(O)C(=O)O)ccc32)cc1. The minimum atomic E-state index is -1.49. The molecule has 3 nitrogen and oxygen atoms in total. The molecule has 0 saturated heterocycles. The minimum absolute atomic E-state index is 0.0994. The van der Waals surface area contributed by atoms with Gasteiger partial charge in [-0.05, 0) is 46.6 Å². The number of hydrogen-bond donors (Lipinski definition) is 2. The summed E-state index contributed by atoms with van der Waals surface area (Å²) in [5, 5.41) is 18.9. The molecule has 3 heteroatoms. The first-order chi connectivity index (χ1) is 11.3. The van der Waals surface area contributed by atoms with Gasteiger partial charge in [-0.25, -0.2) is 4.79 Å². The van der Waals surface area contributed by atoms with Gasteiger partial charge < -0.3 is 10.2 Å². The Morgan fingerprint density at radius 1 is 1.12 bits per heavy atom. The number of aliphatic carboxylic acids is 1. The molecule has 0 bridgehead atoms. The number of aliphatic hydroxyl groups excluding tert-OH is 1. The number of aliphatic hydroxyl groups is 1. The normalized spacial score (nSPS) is 16.9. The second kappa shape index (κ2) is 5.91. The highest BCUT2D eigenvalue weighted by atomic mass is 16.4. The standard InChI is InChI=1S/C21H22O3/c1-13-4-6-14(7-5-13)16-10-11-21(2,3)18-12-15(8-9-17(16)18)19(22)20(23)24/h4-10,12,19,22H,11H2,1-3H3,(H,23,24). The molecule has 1 atom stereocenters. The Hall–Kier alpha value is -2.39. The van der Waals surface area contributed by atoms with E-state index in [1.807, 2.05) is 12.1 Å². The maximum atomic E-state index is 11.1. The lowest BCUT2D eigenvalue weighted by Gasteiger charge is -2.33. The molecule has 3 rings (SSSR count). The van der Waals surface area contributed by atoms with Crippen LogP contribution in [-0.4, -0.2) is 16.2 Å². The molecule has 1 aliphatic rings. The molecule has 0 fully saturated rings. The number of hydrogen-bond acceptors (Lipinski definition) is 2. The van der Waals surface area contributed by atoms with Gasteiger partial charge in [0.25, 0.3) is 0 Å². The van der Waals surface area contributed by atoms with Crippen LogP contribution in [0.1, 0.15) is 54.2 Å².